The Morgan fingerprint density at radius 1 is 1.04 bits per heavy atom. The zero-order chi connectivity index (χ0) is 17.1. The minimum Gasteiger partial charge on any atom is -0.339 e. The van der Waals surface area contributed by atoms with E-state index in [4.69, 9.17) is 17.3 Å². The molecule has 0 aromatic heterocycles. The van der Waals surface area contributed by atoms with Gasteiger partial charge in [-0.15, -0.1) is 12.4 Å². The SMILES string of the molecule is Cl.NC1CCC(C(=O)N2CCN(C(=O)Cc3ccc(Cl)cc3)CC2)C1. The first-order valence-corrected chi connectivity index (χ1v) is 8.97. The average Bonchev–Trinajstić information content (AvgIpc) is 3.03. The first kappa shape index (κ1) is 20.0. The predicted molar refractivity (Wildman–Crippen MR) is 101 cm³/mol. The summed E-state index contributed by atoms with van der Waals surface area (Å²) in [4.78, 5) is 28.6. The highest BCUT2D eigenvalue weighted by Crippen LogP contribution is 2.26. The van der Waals surface area contributed by atoms with Gasteiger partial charge >= 0.3 is 0 Å². The van der Waals surface area contributed by atoms with Gasteiger partial charge in [0.2, 0.25) is 11.8 Å². The molecule has 3 rings (SSSR count). The molecule has 1 aliphatic carbocycles. The van der Waals surface area contributed by atoms with Gasteiger partial charge in [-0.2, -0.15) is 0 Å². The fourth-order valence-corrected chi connectivity index (χ4v) is 3.69. The van der Waals surface area contributed by atoms with E-state index in [9.17, 15) is 9.59 Å². The molecule has 1 saturated heterocycles. The number of piperazine rings is 1. The zero-order valence-corrected chi connectivity index (χ0v) is 15.8. The van der Waals surface area contributed by atoms with E-state index in [1.54, 1.807) is 12.1 Å². The van der Waals surface area contributed by atoms with Crippen LogP contribution in [0.3, 0.4) is 0 Å². The van der Waals surface area contributed by atoms with Crippen LogP contribution in [0.4, 0.5) is 0 Å². The van der Waals surface area contributed by atoms with Crippen molar-refractivity contribution in [3.8, 4) is 0 Å². The number of halogens is 2. The lowest BCUT2D eigenvalue weighted by molar-refractivity contribution is -0.141. The summed E-state index contributed by atoms with van der Waals surface area (Å²) in [6.07, 6.45) is 3.02. The quantitative estimate of drug-likeness (QED) is 0.865. The molecule has 1 aliphatic heterocycles. The number of amides is 2. The van der Waals surface area contributed by atoms with Crippen LogP contribution in [0.5, 0.6) is 0 Å². The molecule has 2 fully saturated rings. The number of benzene rings is 1. The largest absolute Gasteiger partial charge is 0.339 e. The second-order valence-corrected chi connectivity index (χ2v) is 7.22. The lowest BCUT2D eigenvalue weighted by Gasteiger charge is -2.36. The van der Waals surface area contributed by atoms with Gasteiger partial charge in [-0.1, -0.05) is 23.7 Å². The third kappa shape index (κ3) is 5.09. The molecule has 1 aromatic rings. The second-order valence-electron chi connectivity index (χ2n) is 6.78. The Kier molecular flexibility index (Phi) is 7.11. The summed E-state index contributed by atoms with van der Waals surface area (Å²) >= 11 is 5.86. The van der Waals surface area contributed by atoms with E-state index in [1.807, 2.05) is 21.9 Å². The number of nitrogens with zero attached hydrogens (tertiary/aromatic N) is 2. The number of hydrogen-bond acceptors (Lipinski definition) is 3. The molecule has 2 N–H and O–H groups in total. The number of rotatable bonds is 3. The first-order valence-electron chi connectivity index (χ1n) is 8.59. The second kappa shape index (κ2) is 8.88. The topological polar surface area (TPSA) is 66.6 Å². The van der Waals surface area contributed by atoms with Crippen molar-refractivity contribution in [1.29, 1.82) is 0 Å². The van der Waals surface area contributed by atoms with Gasteiger partial charge in [-0.25, -0.2) is 0 Å². The lowest BCUT2D eigenvalue weighted by Crippen LogP contribution is -2.52. The van der Waals surface area contributed by atoms with Crippen LogP contribution < -0.4 is 5.73 Å². The summed E-state index contributed by atoms with van der Waals surface area (Å²) in [6, 6.07) is 7.52. The number of carbonyl (C=O) groups is 2. The monoisotopic (exact) mass is 385 g/mol. The molecule has 25 heavy (non-hydrogen) atoms. The van der Waals surface area contributed by atoms with Crippen molar-refractivity contribution in [1.82, 2.24) is 9.80 Å². The summed E-state index contributed by atoms with van der Waals surface area (Å²) in [5.74, 6) is 0.399. The van der Waals surface area contributed by atoms with Crippen molar-refractivity contribution >= 4 is 35.8 Å². The van der Waals surface area contributed by atoms with Crippen molar-refractivity contribution < 1.29 is 9.59 Å². The van der Waals surface area contributed by atoms with Gasteiger partial charge < -0.3 is 15.5 Å². The third-order valence-electron chi connectivity index (χ3n) is 5.04. The summed E-state index contributed by atoms with van der Waals surface area (Å²) in [5, 5.41) is 0.671. The van der Waals surface area contributed by atoms with Crippen LogP contribution in [-0.4, -0.2) is 53.8 Å². The van der Waals surface area contributed by atoms with Gasteiger partial charge in [-0.05, 0) is 37.0 Å². The molecule has 7 heteroatoms. The highest BCUT2D eigenvalue weighted by Gasteiger charge is 2.33. The van der Waals surface area contributed by atoms with E-state index < -0.39 is 0 Å². The van der Waals surface area contributed by atoms with Crippen LogP contribution in [-0.2, 0) is 16.0 Å². The van der Waals surface area contributed by atoms with E-state index in [1.165, 1.54) is 0 Å². The molecular weight excluding hydrogens is 361 g/mol. The Balaban J connectivity index is 0.00000225. The highest BCUT2D eigenvalue weighted by molar-refractivity contribution is 6.30. The van der Waals surface area contributed by atoms with Crippen LogP contribution in [0.1, 0.15) is 24.8 Å². The third-order valence-corrected chi connectivity index (χ3v) is 5.29. The molecule has 1 heterocycles. The van der Waals surface area contributed by atoms with Gasteiger partial charge in [-0.3, -0.25) is 9.59 Å². The van der Waals surface area contributed by atoms with Gasteiger partial charge in [0.05, 0.1) is 6.42 Å². The van der Waals surface area contributed by atoms with Crippen molar-refractivity contribution in [3.63, 3.8) is 0 Å². The van der Waals surface area contributed by atoms with Crippen molar-refractivity contribution in [3.05, 3.63) is 34.9 Å². The highest BCUT2D eigenvalue weighted by atomic mass is 35.5. The first-order chi connectivity index (χ1) is 11.5. The van der Waals surface area contributed by atoms with Crippen LogP contribution in [0.25, 0.3) is 0 Å². The van der Waals surface area contributed by atoms with E-state index >= 15 is 0 Å². The smallest absolute Gasteiger partial charge is 0.227 e. The van der Waals surface area contributed by atoms with Gasteiger partial charge in [0, 0.05) is 43.2 Å². The Labute approximate surface area is 159 Å². The Morgan fingerprint density at radius 2 is 1.64 bits per heavy atom. The lowest BCUT2D eigenvalue weighted by atomic mass is 10.1. The minimum absolute atomic E-state index is 0. The van der Waals surface area contributed by atoms with Crippen LogP contribution >= 0.6 is 24.0 Å². The van der Waals surface area contributed by atoms with Gasteiger partial charge in [0.15, 0.2) is 0 Å². The zero-order valence-electron chi connectivity index (χ0n) is 14.2. The van der Waals surface area contributed by atoms with E-state index in [0.717, 1.165) is 24.8 Å². The number of carbonyl (C=O) groups excluding carboxylic acids is 2. The van der Waals surface area contributed by atoms with Crippen LogP contribution in [0.15, 0.2) is 24.3 Å². The molecule has 0 spiro atoms. The van der Waals surface area contributed by atoms with Crippen molar-refractivity contribution in [2.24, 2.45) is 11.7 Å². The molecule has 2 atom stereocenters. The van der Waals surface area contributed by atoms with E-state index in [-0.39, 0.29) is 36.2 Å². The molecule has 1 aromatic carbocycles. The molecule has 0 bridgehead atoms. The van der Waals surface area contributed by atoms with E-state index in [0.29, 0.717) is 37.6 Å². The molecule has 1 saturated carbocycles. The standard InChI is InChI=1S/C18H24ClN3O2.ClH/c19-15-4-1-13(2-5-15)11-17(23)21-7-9-22(10-8-21)18(24)14-3-6-16(20)12-14;/h1-2,4-5,14,16H,3,6-12,20H2;1H. The summed E-state index contributed by atoms with van der Waals surface area (Å²) in [6.45, 7) is 2.46. The molecule has 138 valence electrons. The number of nitrogens with two attached hydrogens (primary N) is 1. The van der Waals surface area contributed by atoms with Crippen molar-refractivity contribution in [2.75, 3.05) is 26.2 Å². The Bertz CT molecular complexity index is 601. The predicted octanol–water partition coefficient (Wildman–Crippen LogP) is 2.10. The fraction of sp³-hybridized carbons (Fsp3) is 0.556. The van der Waals surface area contributed by atoms with Crippen LogP contribution in [0, 0.1) is 5.92 Å². The van der Waals surface area contributed by atoms with Gasteiger partial charge in [0.1, 0.15) is 0 Å². The maximum absolute atomic E-state index is 12.5. The Morgan fingerprint density at radius 3 is 2.20 bits per heavy atom. The van der Waals surface area contributed by atoms with Crippen molar-refractivity contribution in [2.45, 2.75) is 31.7 Å². The minimum atomic E-state index is 0. The molecule has 2 unspecified atom stereocenters. The van der Waals surface area contributed by atoms with Crippen LogP contribution in [0.2, 0.25) is 5.02 Å². The normalized spacial score (nSPS) is 23.3. The molecular formula is C18H25Cl2N3O2. The average molecular weight is 386 g/mol. The van der Waals surface area contributed by atoms with Gasteiger partial charge in [0.25, 0.3) is 0 Å². The summed E-state index contributed by atoms with van der Waals surface area (Å²) in [5.41, 5.74) is 6.87. The molecule has 5 nitrogen and oxygen atoms in total. The molecule has 0 radical (unpaired) electrons. The summed E-state index contributed by atoms with van der Waals surface area (Å²) < 4.78 is 0. The Hall–Kier alpha value is -1.30. The summed E-state index contributed by atoms with van der Waals surface area (Å²) in [7, 11) is 0. The maximum Gasteiger partial charge on any atom is 0.227 e. The molecule has 2 aliphatic rings. The van der Waals surface area contributed by atoms with E-state index in [2.05, 4.69) is 0 Å². The molecule has 2 amide bonds. The number of hydrogen-bond donors (Lipinski definition) is 1. The fourth-order valence-electron chi connectivity index (χ4n) is 3.56. The maximum atomic E-state index is 12.5.